The fraction of sp³-hybridized carbons (Fsp3) is 0.933. The van der Waals surface area contributed by atoms with Gasteiger partial charge in [-0.3, -0.25) is 9.69 Å². The molecule has 1 heterocycles. The second-order valence-electron chi connectivity index (χ2n) is 7.05. The number of hydrogen-bond donors (Lipinski definition) is 1. The molecule has 0 radical (unpaired) electrons. The van der Waals surface area contributed by atoms with Gasteiger partial charge in [-0.1, -0.05) is 6.92 Å². The summed E-state index contributed by atoms with van der Waals surface area (Å²) in [7, 11) is 0. The summed E-state index contributed by atoms with van der Waals surface area (Å²) in [4.78, 5) is 13.9. The van der Waals surface area contributed by atoms with Crippen LogP contribution in [0.15, 0.2) is 0 Å². The molecule has 2 aliphatic rings. The Labute approximate surface area is 116 Å². The Kier molecular flexibility index (Phi) is 4.21. The first-order valence-corrected chi connectivity index (χ1v) is 7.43. The van der Waals surface area contributed by atoms with Gasteiger partial charge in [-0.2, -0.15) is 0 Å². The number of carbonyl (C=O) groups is 1. The largest absolute Gasteiger partial charge is 0.481 e. The number of aliphatic carboxylic acids is 1. The highest BCUT2D eigenvalue weighted by molar-refractivity contribution is 5.71. The van der Waals surface area contributed by atoms with E-state index in [9.17, 15) is 9.90 Å². The molecule has 1 N–H and O–H groups in total. The van der Waals surface area contributed by atoms with E-state index in [0.29, 0.717) is 5.92 Å². The van der Waals surface area contributed by atoms with E-state index < -0.39 is 5.97 Å². The molecule has 0 bridgehead atoms. The molecule has 4 nitrogen and oxygen atoms in total. The Bertz CT molecular complexity index is 342. The van der Waals surface area contributed by atoms with Gasteiger partial charge in [0.25, 0.3) is 0 Å². The van der Waals surface area contributed by atoms with Crippen molar-refractivity contribution in [3.63, 3.8) is 0 Å². The molecular formula is C15H27NO3. The average Bonchev–Trinajstić information content (AvgIpc) is 2.25. The summed E-state index contributed by atoms with van der Waals surface area (Å²) in [5.74, 6) is -0.215. The lowest BCUT2D eigenvalue weighted by Crippen LogP contribution is -2.58. The SMILES string of the molecule is CC1CCC(C(=O)O)C(N2CC(C)OC(C)(C)C2)C1. The molecule has 110 valence electrons. The zero-order valence-corrected chi connectivity index (χ0v) is 12.6. The molecule has 19 heavy (non-hydrogen) atoms. The monoisotopic (exact) mass is 269 g/mol. The maximum absolute atomic E-state index is 11.5. The third kappa shape index (κ3) is 3.48. The topological polar surface area (TPSA) is 49.8 Å². The van der Waals surface area contributed by atoms with Crippen LogP contribution in [0.25, 0.3) is 0 Å². The van der Waals surface area contributed by atoms with Crippen molar-refractivity contribution in [2.75, 3.05) is 13.1 Å². The molecule has 2 fully saturated rings. The van der Waals surface area contributed by atoms with E-state index in [1.807, 2.05) is 0 Å². The molecule has 1 aliphatic carbocycles. The highest BCUT2D eigenvalue weighted by atomic mass is 16.5. The number of morpholine rings is 1. The minimum absolute atomic E-state index is 0.173. The normalized spacial score (nSPS) is 40.0. The number of ether oxygens (including phenoxy) is 1. The number of carboxylic acids is 1. The Morgan fingerprint density at radius 1 is 1.32 bits per heavy atom. The molecule has 2 rings (SSSR count). The van der Waals surface area contributed by atoms with Crippen molar-refractivity contribution in [1.29, 1.82) is 0 Å². The van der Waals surface area contributed by atoms with E-state index in [1.54, 1.807) is 0 Å². The third-order valence-corrected chi connectivity index (χ3v) is 4.46. The first kappa shape index (κ1) is 14.8. The maximum atomic E-state index is 11.5. The van der Waals surface area contributed by atoms with Crippen molar-refractivity contribution < 1.29 is 14.6 Å². The van der Waals surface area contributed by atoms with Crippen LogP contribution >= 0.6 is 0 Å². The summed E-state index contributed by atoms with van der Waals surface area (Å²) in [6.45, 7) is 10.2. The van der Waals surface area contributed by atoms with Crippen LogP contribution in [0.2, 0.25) is 0 Å². The molecule has 4 unspecified atom stereocenters. The van der Waals surface area contributed by atoms with E-state index in [2.05, 4.69) is 32.6 Å². The Hall–Kier alpha value is -0.610. The fourth-order valence-corrected chi connectivity index (χ4v) is 3.80. The highest BCUT2D eigenvalue weighted by Crippen LogP contribution is 2.35. The van der Waals surface area contributed by atoms with Crippen LogP contribution in [0.5, 0.6) is 0 Å². The van der Waals surface area contributed by atoms with Gasteiger partial charge in [0.2, 0.25) is 0 Å². The molecule has 1 aliphatic heterocycles. The van der Waals surface area contributed by atoms with Crippen LogP contribution in [0.1, 0.15) is 47.0 Å². The van der Waals surface area contributed by atoms with E-state index in [4.69, 9.17) is 4.74 Å². The molecular weight excluding hydrogens is 242 g/mol. The second kappa shape index (κ2) is 5.41. The van der Waals surface area contributed by atoms with Gasteiger partial charge in [0.05, 0.1) is 17.6 Å². The molecule has 0 aromatic heterocycles. The van der Waals surface area contributed by atoms with Crippen molar-refractivity contribution in [3.8, 4) is 0 Å². The van der Waals surface area contributed by atoms with Gasteiger partial charge < -0.3 is 9.84 Å². The molecule has 0 spiro atoms. The number of rotatable bonds is 2. The maximum Gasteiger partial charge on any atom is 0.308 e. The first-order chi connectivity index (χ1) is 8.78. The Balaban J connectivity index is 2.14. The summed E-state index contributed by atoms with van der Waals surface area (Å²) < 4.78 is 5.93. The second-order valence-corrected chi connectivity index (χ2v) is 7.05. The van der Waals surface area contributed by atoms with Crippen LogP contribution in [-0.2, 0) is 9.53 Å². The number of carboxylic acid groups (broad SMARTS) is 1. The highest BCUT2D eigenvalue weighted by Gasteiger charge is 2.42. The predicted octanol–water partition coefficient (Wildman–Crippen LogP) is 2.38. The summed E-state index contributed by atoms with van der Waals surface area (Å²) in [5, 5.41) is 9.46. The summed E-state index contributed by atoms with van der Waals surface area (Å²) in [5.41, 5.74) is -0.179. The van der Waals surface area contributed by atoms with Gasteiger partial charge in [0.15, 0.2) is 0 Å². The summed E-state index contributed by atoms with van der Waals surface area (Å²) >= 11 is 0. The van der Waals surface area contributed by atoms with Crippen molar-refractivity contribution in [2.45, 2.75) is 64.7 Å². The van der Waals surface area contributed by atoms with Crippen LogP contribution in [0.3, 0.4) is 0 Å². The molecule has 4 atom stereocenters. The van der Waals surface area contributed by atoms with Crippen molar-refractivity contribution in [2.24, 2.45) is 11.8 Å². The third-order valence-electron chi connectivity index (χ3n) is 4.46. The minimum atomic E-state index is -0.631. The van der Waals surface area contributed by atoms with Crippen LogP contribution in [0, 0.1) is 11.8 Å². The van der Waals surface area contributed by atoms with Gasteiger partial charge in [0.1, 0.15) is 0 Å². The van der Waals surface area contributed by atoms with Gasteiger partial charge in [0, 0.05) is 19.1 Å². The van der Waals surface area contributed by atoms with Crippen molar-refractivity contribution in [3.05, 3.63) is 0 Å². The van der Waals surface area contributed by atoms with Crippen molar-refractivity contribution >= 4 is 5.97 Å². The van der Waals surface area contributed by atoms with Gasteiger partial charge in [-0.05, 0) is 46.0 Å². The smallest absolute Gasteiger partial charge is 0.308 e. The lowest BCUT2D eigenvalue weighted by molar-refractivity contribution is -0.161. The standard InChI is InChI=1S/C15H27NO3/c1-10-5-6-12(14(17)18)13(7-10)16-8-11(2)19-15(3,4)9-16/h10-13H,5-9H2,1-4H3,(H,17,18). The molecule has 1 saturated carbocycles. The summed E-state index contributed by atoms with van der Waals surface area (Å²) in [6, 6.07) is 0.173. The van der Waals surface area contributed by atoms with Crippen LogP contribution in [-0.4, -0.2) is 46.8 Å². The van der Waals surface area contributed by atoms with E-state index >= 15 is 0 Å². The Morgan fingerprint density at radius 2 is 2.00 bits per heavy atom. The number of hydrogen-bond acceptors (Lipinski definition) is 3. The Morgan fingerprint density at radius 3 is 2.58 bits per heavy atom. The zero-order chi connectivity index (χ0) is 14.2. The zero-order valence-electron chi connectivity index (χ0n) is 12.6. The minimum Gasteiger partial charge on any atom is -0.481 e. The molecule has 4 heteroatoms. The molecule has 0 amide bonds. The average molecular weight is 269 g/mol. The molecule has 0 aromatic carbocycles. The van der Waals surface area contributed by atoms with E-state index in [1.165, 1.54) is 0 Å². The lowest BCUT2D eigenvalue weighted by Gasteiger charge is -2.48. The van der Waals surface area contributed by atoms with Gasteiger partial charge in [-0.25, -0.2) is 0 Å². The van der Waals surface area contributed by atoms with Crippen LogP contribution < -0.4 is 0 Å². The van der Waals surface area contributed by atoms with E-state index in [0.717, 1.165) is 32.4 Å². The quantitative estimate of drug-likeness (QED) is 0.836. The first-order valence-electron chi connectivity index (χ1n) is 7.43. The fourth-order valence-electron chi connectivity index (χ4n) is 3.80. The molecule has 1 saturated heterocycles. The van der Waals surface area contributed by atoms with Gasteiger partial charge in [-0.15, -0.1) is 0 Å². The van der Waals surface area contributed by atoms with Gasteiger partial charge >= 0.3 is 5.97 Å². The summed E-state index contributed by atoms with van der Waals surface area (Å²) in [6.07, 6.45) is 3.03. The van der Waals surface area contributed by atoms with Crippen molar-refractivity contribution in [1.82, 2.24) is 4.90 Å². The predicted molar refractivity (Wildman–Crippen MR) is 74.1 cm³/mol. The van der Waals surface area contributed by atoms with E-state index in [-0.39, 0.29) is 23.7 Å². The lowest BCUT2D eigenvalue weighted by atomic mass is 9.77. The van der Waals surface area contributed by atoms with Crippen LogP contribution in [0.4, 0.5) is 0 Å². The molecule has 0 aromatic rings. The number of nitrogens with zero attached hydrogens (tertiary/aromatic N) is 1.